The predicted octanol–water partition coefficient (Wildman–Crippen LogP) is 1.37. The Kier molecular flexibility index (Phi) is 3.28. The molecule has 0 saturated heterocycles. The van der Waals surface area contributed by atoms with Gasteiger partial charge in [-0.1, -0.05) is 12.1 Å². The summed E-state index contributed by atoms with van der Waals surface area (Å²) in [5.74, 6) is -0.691. The van der Waals surface area contributed by atoms with Crippen LogP contribution in [0.25, 0.3) is 0 Å². The van der Waals surface area contributed by atoms with Gasteiger partial charge in [0.2, 0.25) is 0 Å². The number of para-hydroxylation sites is 1. The maximum absolute atomic E-state index is 10.7. The van der Waals surface area contributed by atoms with Crippen LogP contribution in [-0.2, 0) is 4.74 Å². The minimum absolute atomic E-state index is 0.0459. The van der Waals surface area contributed by atoms with Gasteiger partial charge in [0.25, 0.3) is 0 Å². The number of carboxylic acid groups (broad SMARTS) is 1. The molecular formula is C9H10O4. The molecule has 0 unspecified atom stereocenters. The molecule has 4 heteroatoms. The third kappa shape index (κ3) is 2.45. The molecular weight excluding hydrogens is 178 g/mol. The molecule has 1 rings (SSSR count). The summed E-state index contributed by atoms with van der Waals surface area (Å²) in [6.07, 6.45) is 0. The number of rotatable bonds is 4. The van der Waals surface area contributed by atoms with Crippen molar-refractivity contribution in [1.82, 2.24) is 0 Å². The van der Waals surface area contributed by atoms with Gasteiger partial charge in [0.1, 0.15) is 11.3 Å². The van der Waals surface area contributed by atoms with Crippen LogP contribution in [0.3, 0.4) is 0 Å². The second-order valence-electron chi connectivity index (χ2n) is 2.35. The highest BCUT2D eigenvalue weighted by atomic mass is 16.7. The van der Waals surface area contributed by atoms with Gasteiger partial charge >= 0.3 is 5.97 Å². The first-order chi connectivity index (χ1) is 6.25. The molecule has 0 atom stereocenters. The fourth-order valence-corrected chi connectivity index (χ4v) is 0.892. The van der Waals surface area contributed by atoms with E-state index in [1.165, 1.54) is 13.2 Å². The Bertz CT molecular complexity index is 295. The van der Waals surface area contributed by atoms with E-state index >= 15 is 0 Å². The molecule has 0 radical (unpaired) electrons. The lowest BCUT2D eigenvalue weighted by Gasteiger charge is -2.06. The number of hydrogen-bond donors (Lipinski definition) is 1. The lowest BCUT2D eigenvalue weighted by Crippen LogP contribution is -2.04. The lowest BCUT2D eigenvalue weighted by molar-refractivity contribution is 0.0483. The molecule has 1 aromatic carbocycles. The second-order valence-corrected chi connectivity index (χ2v) is 2.35. The number of hydrogen-bond acceptors (Lipinski definition) is 3. The maximum Gasteiger partial charge on any atom is 0.339 e. The molecule has 0 fully saturated rings. The molecule has 4 nitrogen and oxygen atoms in total. The van der Waals surface area contributed by atoms with Crippen molar-refractivity contribution in [3.63, 3.8) is 0 Å². The van der Waals surface area contributed by atoms with E-state index in [0.29, 0.717) is 5.75 Å². The summed E-state index contributed by atoms with van der Waals surface area (Å²) in [7, 11) is 1.48. The van der Waals surface area contributed by atoms with Crippen molar-refractivity contribution < 1.29 is 19.4 Å². The highest BCUT2D eigenvalue weighted by Gasteiger charge is 2.09. The van der Waals surface area contributed by atoms with Crippen LogP contribution in [0.5, 0.6) is 5.75 Å². The number of carbonyl (C=O) groups is 1. The summed E-state index contributed by atoms with van der Waals surface area (Å²) < 4.78 is 9.71. The third-order valence-electron chi connectivity index (χ3n) is 1.45. The van der Waals surface area contributed by atoms with Crippen molar-refractivity contribution in [2.75, 3.05) is 13.9 Å². The van der Waals surface area contributed by atoms with Gasteiger partial charge in [-0.15, -0.1) is 0 Å². The largest absolute Gasteiger partial charge is 0.478 e. The van der Waals surface area contributed by atoms with E-state index in [9.17, 15) is 4.79 Å². The van der Waals surface area contributed by atoms with Gasteiger partial charge in [-0.2, -0.15) is 0 Å². The first kappa shape index (κ1) is 9.54. The predicted molar refractivity (Wildman–Crippen MR) is 45.9 cm³/mol. The van der Waals surface area contributed by atoms with E-state index in [4.69, 9.17) is 9.84 Å². The minimum atomic E-state index is -1.01. The van der Waals surface area contributed by atoms with Crippen LogP contribution >= 0.6 is 0 Å². The summed E-state index contributed by atoms with van der Waals surface area (Å²) in [6, 6.07) is 6.41. The SMILES string of the molecule is COCO[13c]1[13cH][13cH][13cH][13cH][13c]1C(=O)O. The Labute approximate surface area is 75.7 Å². The van der Waals surface area contributed by atoms with Crippen LogP contribution in [0.2, 0.25) is 0 Å². The summed E-state index contributed by atoms with van der Waals surface area (Å²) in [5.41, 5.74) is 0.138. The monoisotopic (exact) mass is 188 g/mol. The van der Waals surface area contributed by atoms with Gasteiger partial charge in [0, 0.05) is 7.11 Å². The van der Waals surface area contributed by atoms with E-state index in [0.717, 1.165) is 0 Å². The quantitative estimate of drug-likeness (QED) is 0.725. The Hall–Kier alpha value is -1.55. The van der Waals surface area contributed by atoms with Crippen molar-refractivity contribution in [2.24, 2.45) is 0 Å². The molecule has 0 heterocycles. The van der Waals surface area contributed by atoms with Gasteiger partial charge < -0.3 is 14.6 Å². The number of aromatic carboxylic acids is 1. The molecule has 0 bridgehead atoms. The summed E-state index contributed by atoms with van der Waals surface area (Å²) >= 11 is 0. The average Bonchev–Trinajstić information content (AvgIpc) is 2.15. The zero-order valence-electron chi connectivity index (χ0n) is 7.19. The van der Waals surface area contributed by atoms with Crippen LogP contribution < -0.4 is 4.74 Å². The molecule has 0 aliphatic heterocycles. The number of carboxylic acids is 1. The molecule has 0 saturated carbocycles. The Morgan fingerprint density at radius 1 is 1.46 bits per heavy atom. The number of methoxy groups -OCH3 is 1. The Morgan fingerprint density at radius 3 is 2.77 bits per heavy atom. The fraction of sp³-hybridized carbons (Fsp3) is 0.222. The molecule has 0 spiro atoms. The minimum Gasteiger partial charge on any atom is -0.478 e. The van der Waals surface area contributed by atoms with Gasteiger partial charge in [-0.05, 0) is 12.1 Å². The fourth-order valence-electron chi connectivity index (χ4n) is 0.892. The molecule has 13 heavy (non-hydrogen) atoms. The van der Waals surface area contributed by atoms with Crippen molar-refractivity contribution >= 4 is 5.97 Å². The zero-order valence-corrected chi connectivity index (χ0v) is 7.19. The van der Waals surface area contributed by atoms with Crippen LogP contribution in [0.4, 0.5) is 0 Å². The van der Waals surface area contributed by atoms with Gasteiger partial charge in [-0.3, -0.25) is 0 Å². The number of benzene rings is 1. The summed E-state index contributed by atoms with van der Waals surface area (Å²) in [6.45, 7) is 0.0459. The molecule has 0 aliphatic rings. The highest BCUT2D eigenvalue weighted by Crippen LogP contribution is 2.17. The van der Waals surface area contributed by atoms with Gasteiger partial charge in [-0.25, -0.2) is 4.79 Å². The smallest absolute Gasteiger partial charge is 0.339 e. The Morgan fingerprint density at radius 2 is 2.15 bits per heavy atom. The first-order valence-corrected chi connectivity index (χ1v) is 3.69. The number of ether oxygens (including phenoxy) is 2. The molecule has 0 amide bonds. The molecule has 1 aromatic rings. The van der Waals surface area contributed by atoms with Gasteiger partial charge in [0.15, 0.2) is 6.79 Å². The molecule has 70 valence electrons. The van der Waals surface area contributed by atoms with Crippen molar-refractivity contribution in [1.29, 1.82) is 0 Å². The van der Waals surface area contributed by atoms with Crippen molar-refractivity contribution in [3.8, 4) is 5.75 Å². The molecule has 0 aliphatic carbocycles. The highest BCUT2D eigenvalue weighted by molar-refractivity contribution is 5.90. The first-order valence-electron chi connectivity index (χ1n) is 3.69. The van der Waals surface area contributed by atoms with E-state index in [-0.39, 0.29) is 12.4 Å². The van der Waals surface area contributed by atoms with Crippen molar-refractivity contribution in [3.05, 3.63) is 29.8 Å². The average molecular weight is 188 g/mol. The topological polar surface area (TPSA) is 55.8 Å². The molecule has 1 N–H and O–H groups in total. The van der Waals surface area contributed by atoms with E-state index in [1.54, 1.807) is 18.2 Å². The van der Waals surface area contributed by atoms with Crippen molar-refractivity contribution in [2.45, 2.75) is 0 Å². The van der Waals surface area contributed by atoms with Crippen LogP contribution in [-0.4, -0.2) is 25.0 Å². The molecule has 0 aromatic heterocycles. The summed E-state index contributed by atoms with van der Waals surface area (Å²) in [4.78, 5) is 10.7. The zero-order chi connectivity index (χ0) is 9.68. The van der Waals surface area contributed by atoms with Gasteiger partial charge in [0.05, 0.1) is 0 Å². The maximum atomic E-state index is 10.7. The lowest BCUT2D eigenvalue weighted by atomic mass is 10.9. The third-order valence-corrected chi connectivity index (χ3v) is 1.45. The normalized spacial score (nSPS) is 9.62. The van der Waals surface area contributed by atoms with Crippen LogP contribution in [0, 0.1) is 0 Å². The standard InChI is InChI=1S/C9H10O4/c1-12-6-13-8-5-3-2-4-7(8)9(10)11/h2-5H,6H2,1H3,(H,10,11)/i2+1,3+1,4+1,5+1,7+1,8+1. The Balaban J connectivity index is 2.84. The van der Waals surface area contributed by atoms with E-state index in [1.807, 2.05) is 0 Å². The van der Waals surface area contributed by atoms with Crippen LogP contribution in [0.1, 0.15) is 10.4 Å². The summed E-state index contributed by atoms with van der Waals surface area (Å²) in [5, 5.41) is 8.74. The van der Waals surface area contributed by atoms with Crippen LogP contribution in [0.15, 0.2) is 24.3 Å². The van der Waals surface area contributed by atoms with E-state index < -0.39 is 5.97 Å². The van der Waals surface area contributed by atoms with E-state index in [2.05, 4.69) is 4.74 Å². The second kappa shape index (κ2) is 4.47.